The maximum Gasteiger partial charge on any atom is 2.00 e. The number of nitrogens with zero attached hydrogens (tertiary/aromatic N) is 2. The summed E-state index contributed by atoms with van der Waals surface area (Å²) in [5.74, 6) is 0.115. The van der Waals surface area contributed by atoms with Crippen LogP contribution in [0, 0.1) is 0 Å². The number of hydrogen-bond acceptors (Lipinski definition) is 4. The third-order valence-corrected chi connectivity index (χ3v) is 1.75. The van der Waals surface area contributed by atoms with Crippen LogP contribution >= 0.6 is 0 Å². The van der Waals surface area contributed by atoms with Crippen LogP contribution in [-0.2, 0) is 17.1 Å². The molecule has 125 valence electrons. The minimum Gasteiger partial charge on any atom is -0.876 e. The van der Waals surface area contributed by atoms with Crippen molar-refractivity contribution in [2.75, 3.05) is 0 Å². The summed E-state index contributed by atoms with van der Waals surface area (Å²) in [7, 11) is 0. The normalized spacial score (nSPS) is 13.8. The zero-order valence-corrected chi connectivity index (χ0v) is 15.3. The standard InChI is InChI=1S/2C8H15NO.Cu/c2*1-6(2)9-7(3)5-8(4)10;/h2*5-6,10H,1-4H3;/q;;+2/p-2/b2*8-5-,9-7?;. The zero-order valence-electron chi connectivity index (χ0n) is 14.3. The van der Waals surface area contributed by atoms with Gasteiger partial charge in [-0.1, -0.05) is 26.0 Å². The minimum atomic E-state index is 0. The van der Waals surface area contributed by atoms with E-state index in [0.717, 1.165) is 11.4 Å². The zero-order chi connectivity index (χ0) is 16.3. The van der Waals surface area contributed by atoms with E-state index < -0.39 is 0 Å². The third-order valence-electron chi connectivity index (χ3n) is 1.75. The van der Waals surface area contributed by atoms with E-state index in [0.29, 0.717) is 0 Å². The van der Waals surface area contributed by atoms with Crippen molar-refractivity contribution in [1.82, 2.24) is 0 Å². The van der Waals surface area contributed by atoms with Crippen molar-refractivity contribution < 1.29 is 27.3 Å². The first kappa shape index (κ1) is 24.9. The molecule has 5 heteroatoms. The second-order valence-corrected chi connectivity index (χ2v) is 5.24. The predicted molar refractivity (Wildman–Crippen MR) is 84.0 cm³/mol. The van der Waals surface area contributed by atoms with Crippen LogP contribution < -0.4 is 10.2 Å². The van der Waals surface area contributed by atoms with Crippen LogP contribution in [0.4, 0.5) is 0 Å². The SMILES string of the molecule is CC(/C=C(/C)[O-])=NC(C)C.CC(/C=C(/C)[O-])=NC(C)C.[Cu+2]. The van der Waals surface area contributed by atoms with Crippen molar-refractivity contribution >= 4 is 11.4 Å². The Balaban J connectivity index is -0.000000295. The smallest absolute Gasteiger partial charge is 0.876 e. The van der Waals surface area contributed by atoms with Crippen molar-refractivity contribution in [3.63, 3.8) is 0 Å². The summed E-state index contributed by atoms with van der Waals surface area (Å²) < 4.78 is 0. The average Bonchev–Trinajstić information content (AvgIpc) is 2.11. The van der Waals surface area contributed by atoms with Gasteiger partial charge in [0.2, 0.25) is 0 Å². The topological polar surface area (TPSA) is 70.8 Å². The van der Waals surface area contributed by atoms with Gasteiger partial charge >= 0.3 is 17.1 Å². The molecule has 0 saturated heterocycles. The Morgan fingerprint density at radius 2 is 0.952 bits per heavy atom. The number of hydrogen-bond donors (Lipinski definition) is 0. The monoisotopic (exact) mass is 343 g/mol. The second kappa shape index (κ2) is 13.9. The molecule has 0 aliphatic carbocycles. The minimum absolute atomic E-state index is 0. The summed E-state index contributed by atoms with van der Waals surface area (Å²) in [6.07, 6.45) is 3.08. The molecule has 0 bridgehead atoms. The van der Waals surface area contributed by atoms with Crippen LogP contribution in [-0.4, -0.2) is 23.5 Å². The number of aliphatic imine (C=N–C) groups is 2. The molecule has 0 unspecified atom stereocenters. The summed E-state index contributed by atoms with van der Waals surface area (Å²) in [5.41, 5.74) is 1.62. The van der Waals surface area contributed by atoms with Crippen LogP contribution in [0.3, 0.4) is 0 Å². The Hall–Kier alpha value is -1.06. The molecule has 0 aliphatic heterocycles. The first-order valence-corrected chi connectivity index (χ1v) is 6.84. The van der Waals surface area contributed by atoms with Gasteiger partial charge < -0.3 is 10.2 Å². The summed E-state index contributed by atoms with van der Waals surface area (Å²) in [6.45, 7) is 14.7. The molecule has 0 N–H and O–H groups in total. The molecule has 0 aromatic heterocycles. The van der Waals surface area contributed by atoms with Crippen molar-refractivity contribution in [2.24, 2.45) is 9.98 Å². The molecule has 0 aliphatic rings. The van der Waals surface area contributed by atoms with E-state index in [1.54, 1.807) is 12.2 Å². The summed E-state index contributed by atoms with van der Waals surface area (Å²) >= 11 is 0. The van der Waals surface area contributed by atoms with E-state index in [1.165, 1.54) is 13.8 Å². The van der Waals surface area contributed by atoms with Crippen LogP contribution in [0.15, 0.2) is 33.7 Å². The van der Waals surface area contributed by atoms with Crippen molar-refractivity contribution in [3.8, 4) is 0 Å². The molecular formula is C16H28CuN2O2. The molecule has 0 atom stereocenters. The molecule has 0 aromatic carbocycles. The van der Waals surface area contributed by atoms with E-state index >= 15 is 0 Å². The van der Waals surface area contributed by atoms with Crippen molar-refractivity contribution in [3.05, 3.63) is 23.7 Å². The molecule has 21 heavy (non-hydrogen) atoms. The van der Waals surface area contributed by atoms with Crippen molar-refractivity contribution in [1.29, 1.82) is 0 Å². The molecular weight excluding hydrogens is 316 g/mol. The predicted octanol–water partition coefficient (Wildman–Crippen LogP) is 2.24. The molecule has 0 aromatic rings. The maximum absolute atomic E-state index is 10.5. The van der Waals surface area contributed by atoms with Gasteiger partial charge in [0.05, 0.1) is 0 Å². The Bertz CT molecular complexity index is 349. The van der Waals surface area contributed by atoms with Crippen LogP contribution in [0.2, 0.25) is 0 Å². The van der Waals surface area contributed by atoms with E-state index in [4.69, 9.17) is 0 Å². The summed E-state index contributed by atoms with van der Waals surface area (Å²) in [5, 5.41) is 21.0. The van der Waals surface area contributed by atoms with Crippen LogP contribution in [0.5, 0.6) is 0 Å². The summed E-state index contributed by atoms with van der Waals surface area (Å²) in [4.78, 5) is 8.32. The quantitative estimate of drug-likeness (QED) is 0.446. The largest absolute Gasteiger partial charge is 2.00 e. The maximum atomic E-state index is 10.5. The molecule has 4 nitrogen and oxygen atoms in total. The van der Waals surface area contributed by atoms with Gasteiger partial charge in [-0.25, -0.2) is 0 Å². The number of allylic oxidation sites excluding steroid dienone is 4. The second-order valence-electron chi connectivity index (χ2n) is 5.24. The van der Waals surface area contributed by atoms with Crippen LogP contribution in [0.1, 0.15) is 55.4 Å². The van der Waals surface area contributed by atoms with Gasteiger partial charge in [-0.3, -0.25) is 9.98 Å². The van der Waals surface area contributed by atoms with E-state index in [-0.39, 0.29) is 40.7 Å². The van der Waals surface area contributed by atoms with Gasteiger partial charge in [-0.05, 0) is 41.5 Å². The Kier molecular flexibility index (Phi) is 16.5. The van der Waals surface area contributed by atoms with Crippen molar-refractivity contribution in [2.45, 2.75) is 67.5 Å². The molecule has 0 rings (SSSR count). The third kappa shape index (κ3) is 24.3. The Morgan fingerprint density at radius 3 is 1.10 bits per heavy atom. The molecule has 0 heterocycles. The Labute approximate surface area is 140 Å². The van der Waals surface area contributed by atoms with Gasteiger partial charge in [0.1, 0.15) is 0 Å². The first-order valence-electron chi connectivity index (χ1n) is 6.84. The molecule has 0 amide bonds. The van der Waals surface area contributed by atoms with Gasteiger partial charge in [0, 0.05) is 23.5 Å². The Morgan fingerprint density at radius 1 is 0.714 bits per heavy atom. The average molecular weight is 344 g/mol. The van der Waals surface area contributed by atoms with E-state index in [1.807, 2.05) is 41.5 Å². The molecule has 1 radical (unpaired) electrons. The van der Waals surface area contributed by atoms with Gasteiger partial charge in [-0.15, -0.1) is 11.5 Å². The molecule has 0 saturated carbocycles. The first-order chi connectivity index (χ1) is 9.04. The summed E-state index contributed by atoms with van der Waals surface area (Å²) in [6, 6.07) is 0.547. The van der Waals surface area contributed by atoms with Crippen LogP contribution in [0.25, 0.3) is 0 Å². The van der Waals surface area contributed by atoms with E-state index in [9.17, 15) is 10.2 Å². The van der Waals surface area contributed by atoms with Gasteiger partial charge in [-0.2, -0.15) is 0 Å². The van der Waals surface area contributed by atoms with E-state index in [2.05, 4.69) is 9.98 Å². The molecule has 0 fully saturated rings. The van der Waals surface area contributed by atoms with Gasteiger partial charge in [0.25, 0.3) is 0 Å². The fourth-order valence-corrected chi connectivity index (χ4v) is 1.48. The fourth-order valence-electron chi connectivity index (χ4n) is 1.48. The molecule has 0 spiro atoms. The number of rotatable bonds is 4. The van der Waals surface area contributed by atoms with Gasteiger partial charge in [0.15, 0.2) is 0 Å². The fraction of sp³-hybridized carbons (Fsp3) is 0.625.